The summed E-state index contributed by atoms with van der Waals surface area (Å²) in [6.07, 6.45) is 2.68. The van der Waals surface area contributed by atoms with Crippen molar-refractivity contribution < 1.29 is 0 Å². The van der Waals surface area contributed by atoms with Crippen LogP contribution in [0.3, 0.4) is 0 Å². The Kier molecular flexibility index (Phi) is 6.46. The number of nitrogens with zero attached hydrogens (tertiary/aromatic N) is 1. The largest absolute Gasteiger partial charge is 0.306 e. The van der Waals surface area contributed by atoms with Crippen LogP contribution in [0, 0.1) is 17.2 Å². The summed E-state index contributed by atoms with van der Waals surface area (Å²) < 4.78 is 0. The molecule has 2 nitrogen and oxygen atoms in total. The van der Waals surface area contributed by atoms with Gasteiger partial charge in [0, 0.05) is 12.1 Å². The van der Waals surface area contributed by atoms with Crippen molar-refractivity contribution in [3.05, 3.63) is 35.9 Å². The van der Waals surface area contributed by atoms with Crippen LogP contribution in [0.2, 0.25) is 0 Å². The van der Waals surface area contributed by atoms with Gasteiger partial charge >= 0.3 is 0 Å². The summed E-state index contributed by atoms with van der Waals surface area (Å²) in [5, 5.41) is 12.5. The Balaban J connectivity index is 2.76. The van der Waals surface area contributed by atoms with Crippen LogP contribution in [-0.4, -0.2) is 6.04 Å². The summed E-state index contributed by atoms with van der Waals surface area (Å²) in [6.45, 7) is 6.61. The van der Waals surface area contributed by atoms with Crippen molar-refractivity contribution in [1.29, 1.82) is 5.26 Å². The maximum absolute atomic E-state index is 8.84. The molecule has 2 atom stereocenters. The van der Waals surface area contributed by atoms with Gasteiger partial charge in [0.15, 0.2) is 0 Å². The van der Waals surface area contributed by atoms with Crippen molar-refractivity contribution in [2.45, 2.75) is 52.1 Å². The summed E-state index contributed by atoms with van der Waals surface area (Å²) in [7, 11) is 0. The minimum atomic E-state index is 0.291. The van der Waals surface area contributed by atoms with E-state index in [1.54, 1.807) is 0 Å². The lowest BCUT2D eigenvalue weighted by molar-refractivity contribution is 0.373. The van der Waals surface area contributed by atoms with Gasteiger partial charge in [0.2, 0.25) is 0 Å². The van der Waals surface area contributed by atoms with Crippen LogP contribution in [0.4, 0.5) is 0 Å². The molecule has 0 aliphatic heterocycles. The Morgan fingerprint density at radius 2 is 1.89 bits per heavy atom. The van der Waals surface area contributed by atoms with Gasteiger partial charge in [0.1, 0.15) is 0 Å². The minimum Gasteiger partial charge on any atom is -0.306 e. The monoisotopic (exact) mass is 244 g/mol. The van der Waals surface area contributed by atoms with Gasteiger partial charge in [-0.05, 0) is 24.3 Å². The third-order valence-corrected chi connectivity index (χ3v) is 3.18. The van der Waals surface area contributed by atoms with Gasteiger partial charge in [0.25, 0.3) is 0 Å². The molecule has 0 spiro atoms. The minimum absolute atomic E-state index is 0.291. The first-order valence-electron chi connectivity index (χ1n) is 6.85. The summed E-state index contributed by atoms with van der Waals surface area (Å²) >= 11 is 0. The fourth-order valence-corrected chi connectivity index (χ4v) is 2.17. The van der Waals surface area contributed by atoms with Gasteiger partial charge < -0.3 is 5.32 Å². The molecule has 0 aliphatic carbocycles. The van der Waals surface area contributed by atoms with E-state index in [-0.39, 0.29) is 0 Å². The zero-order valence-electron chi connectivity index (χ0n) is 11.7. The Morgan fingerprint density at radius 1 is 1.22 bits per heavy atom. The molecule has 0 aliphatic rings. The molecule has 0 aromatic heterocycles. The normalized spacial score (nSPS) is 14.2. The van der Waals surface area contributed by atoms with Crippen molar-refractivity contribution in [2.75, 3.05) is 0 Å². The highest BCUT2D eigenvalue weighted by Gasteiger charge is 2.16. The molecule has 0 bridgehead atoms. The number of nitrogens with one attached hydrogen (secondary N) is 1. The second kappa shape index (κ2) is 7.89. The lowest BCUT2D eigenvalue weighted by atomic mass is 9.95. The second-order valence-electron chi connectivity index (χ2n) is 5.23. The highest BCUT2D eigenvalue weighted by Crippen LogP contribution is 2.22. The van der Waals surface area contributed by atoms with Gasteiger partial charge in [-0.1, -0.05) is 51.1 Å². The zero-order valence-corrected chi connectivity index (χ0v) is 11.7. The summed E-state index contributed by atoms with van der Waals surface area (Å²) in [6, 6.07) is 13.4. The van der Waals surface area contributed by atoms with Crippen LogP contribution in [0.5, 0.6) is 0 Å². The molecule has 0 fully saturated rings. The Bertz CT molecular complexity index is 364. The van der Waals surface area contributed by atoms with E-state index in [4.69, 9.17) is 5.26 Å². The fourth-order valence-electron chi connectivity index (χ4n) is 2.17. The summed E-state index contributed by atoms with van der Waals surface area (Å²) in [5.74, 6) is 0.641. The molecular weight excluding hydrogens is 220 g/mol. The number of hydrogen-bond donors (Lipinski definition) is 1. The molecule has 0 heterocycles. The first-order chi connectivity index (χ1) is 8.67. The van der Waals surface area contributed by atoms with Crippen molar-refractivity contribution in [1.82, 2.24) is 5.32 Å². The quantitative estimate of drug-likeness (QED) is 0.785. The number of rotatable bonds is 7. The molecule has 1 aromatic carbocycles. The van der Waals surface area contributed by atoms with Crippen molar-refractivity contribution in [2.24, 2.45) is 5.92 Å². The molecule has 1 aromatic rings. The first kappa shape index (κ1) is 14.7. The average molecular weight is 244 g/mol. The third kappa shape index (κ3) is 4.89. The van der Waals surface area contributed by atoms with Crippen LogP contribution in [0.15, 0.2) is 30.3 Å². The molecule has 2 unspecified atom stereocenters. The maximum Gasteiger partial charge on any atom is 0.0638 e. The highest BCUT2D eigenvalue weighted by molar-refractivity contribution is 5.19. The van der Waals surface area contributed by atoms with E-state index in [1.807, 2.05) is 6.07 Å². The Labute approximate surface area is 111 Å². The fraction of sp³-hybridized carbons (Fsp3) is 0.562. The van der Waals surface area contributed by atoms with E-state index >= 15 is 0 Å². The number of benzene rings is 1. The van der Waals surface area contributed by atoms with Gasteiger partial charge in [-0.25, -0.2) is 0 Å². The standard InChI is InChI=1S/C16H24N2/c1-4-15(10-11-17)18-16(12-13(2)3)14-8-6-5-7-9-14/h5-9,13,15-16,18H,4,10,12H2,1-3H3. The first-order valence-corrected chi connectivity index (χ1v) is 6.85. The molecule has 0 saturated heterocycles. The van der Waals surface area contributed by atoms with E-state index in [0.29, 0.717) is 24.4 Å². The van der Waals surface area contributed by atoms with E-state index < -0.39 is 0 Å². The number of hydrogen-bond acceptors (Lipinski definition) is 2. The van der Waals surface area contributed by atoms with E-state index in [0.717, 1.165) is 12.8 Å². The van der Waals surface area contributed by atoms with E-state index in [1.165, 1.54) is 5.56 Å². The Morgan fingerprint density at radius 3 is 2.39 bits per heavy atom. The molecule has 1 N–H and O–H groups in total. The second-order valence-corrected chi connectivity index (χ2v) is 5.23. The van der Waals surface area contributed by atoms with Crippen molar-refractivity contribution in [3.8, 4) is 6.07 Å². The van der Waals surface area contributed by atoms with Crippen LogP contribution < -0.4 is 5.32 Å². The summed E-state index contributed by atoms with van der Waals surface area (Å²) in [4.78, 5) is 0. The molecule has 98 valence electrons. The van der Waals surface area contributed by atoms with Crippen LogP contribution in [0.25, 0.3) is 0 Å². The maximum atomic E-state index is 8.84. The molecule has 0 saturated carbocycles. The van der Waals surface area contributed by atoms with Gasteiger partial charge in [0.05, 0.1) is 12.5 Å². The molecule has 18 heavy (non-hydrogen) atoms. The van der Waals surface area contributed by atoms with Crippen LogP contribution in [0.1, 0.15) is 51.6 Å². The lowest BCUT2D eigenvalue weighted by Gasteiger charge is -2.25. The smallest absolute Gasteiger partial charge is 0.0638 e. The van der Waals surface area contributed by atoms with Gasteiger partial charge in [-0.3, -0.25) is 0 Å². The van der Waals surface area contributed by atoms with Crippen molar-refractivity contribution in [3.63, 3.8) is 0 Å². The van der Waals surface area contributed by atoms with Crippen LogP contribution in [-0.2, 0) is 0 Å². The lowest BCUT2D eigenvalue weighted by Crippen LogP contribution is -2.33. The number of nitriles is 1. The molecule has 2 heteroatoms. The van der Waals surface area contributed by atoms with Gasteiger partial charge in [-0.15, -0.1) is 0 Å². The zero-order chi connectivity index (χ0) is 13.4. The van der Waals surface area contributed by atoms with Gasteiger partial charge in [-0.2, -0.15) is 5.26 Å². The van der Waals surface area contributed by atoms with Crippen molar-refractivity contribution >= 4 is 0 Å². The predicted octanol–water partition coefficient (Wildman–Crippen LogP) is 4.06. The summed E-state index contributed by atoms with van der Waals surface area (Å²) in [5.41, 5.74) is 1.32. The SMILES string of the molecule is CCC(CC#N)NC(CC(C)C)c1ccccc1. The topological polar surface area (TPSA) is 35.8 Å². The third-order valence-electron chi connectivity index (χ3n) is 3.18. The molecule has 1 rings (SSSR count). The Hall–Kier alpha value is -1.33. The molecule has 0 radical (unpaired) electrons. The molecular formula is C16H24N2. The average Bonchev–Trinajstić information content (AvgIpc) is 2.37. The predicted molar refractivity (Wildman–Crippen MR) is 76.1 cm³/mol. The van der Waals surface area contributed by atoms with E-state index in [9.17, 15) is 0 Å². The molecule has 0 amide bonds. The van der Waals surface area contributed by atoms with Crippen LogP contribution >= 0.6 is 0 Å². The highest BCUT2D eigenvalue weighted by atomic mass is 14.9. The van der Waals surface area contributed by atoms with E-state index in [2.05, 4.69) is 56.4 Å².